The van der Waals surface area contributed by atoms with Crippen LogP contribution in [-0.4, -0.2) is 33.5 Å². The second kappa shape index (κ2) is 9.31. The molecule has 0 saturated carbocycles. The van der Waals surface area contributed by atoms with Gasteiger partial charge in [0.15, 0.2) is 11.6 Å². The largest absolute Gasteiger partial charge is 0.348 e. The molecule has 0 bridgehead atoms. The van der Waals surface area contributed by atoms with E-state index in [4.69, 9.17) is 0 Å². The van der Waals surface area contributed by atoms with Gasteiger partial charge in [0.25, 0.3) is 15.9 Å². The number of amides is 1. The molecule has 0 aliphatic carbocycles. The van der Waals surface area contributed by atoms with Crippen LogP contribution in [0, 0.1) is 11.6 Å². The molecule has 0 unspecified atom stereocenters. The lowest BCUT2D eigenvalue weighted by Gasteiger charge is -2.24. The van der Waals surface area contributed by atoms with E-state index in [0.717, 1.165) is 31.5 Å². The highest BCUT2D eigenvalue weighted by atomic mass is 35.5. The minimum Gasteiger partial charge on any atom is -0.348 e. The molecule has 1 aliphatic rings. The Labute approximate surface area is 168 Å². The van der Waals surface area contributed by atoms with Crippen LogP contribution in [0.3, 0.4) is 0 Å². The van der Waals surface area contributed by atoms with E-state index in [-0.39, 0.29) is 29.7 Å². The van der Waals surface area contributed by atoms with Crippen molar-refractivity contribution in [2.75, 3.05) is 17.8 Å². The predicted molar refractivity (Wildman–Crippen MR) is 104 cm³/mol. The van der Waals surface area contributed by atoms with Gasteiger partial charge in [-0.25, -0.2) is 17.2 Å². The predicted octanol–water partition coefficient (Wildman–Crippen LogP) is 2.67. The van der Waals surface area contributed by atoms with Crippen LogP contribution in [0.5, 0.6) is 0 Å². The molecule has 1 amide bonds. The Bertz CT molecular complexity index is 951. The van der Waals surface area contributed by atoms with Gasteiger partial charge in [-0.3, -0.25) is 9.52 Å². The van der Waals surface area contributed by atoms with Crippen LogP contribution in [-0.2, 0) is 10.0 Å². The number of hydrogen-bond acceptors (Lipinski definition) is 4. The number of anilines is 1. The summed E-state index contributed by atoms with van der Waals surface area (Å²) in [7, 11) is -4.19. The fourth-order valence-electron chi connectivity index (χ4n) is 2.86. The van der Waals surface area contributed by atoms with Crippen molar-refractivity contribution >= 4 is 34.0 Å². The first kappa shape index (κ1) is 22.1. The van der Waals surface area contributed by atoms with E-state index in [1.165, 1.54) is 12.1 Å². The van der Waals surface area contributed by atoms with Crippen LogP contribution in [0.25, 0.3) is 0 Å². The van der Waals surface area contributed by atoms with Crippen molar-refractivity contribution < 1.29 is 22.0 Å². The first-order valence-corrected chi connectivity index (χ1v) is 9.93. The molecule has 1 saturated heterocycles. The highest BCUT2D eigenvalue weighted by Gasteiger charge is 2.22. The third kappa shape index (κ3) is 5.18. The number of rotatable bonds is 5. The zero-order valence-corrected chi connectivity index (χ0v) is 16.4. The van der Waals surface area contributed by atoms with Crippen LogP contribution < -0.4 is 15.4 Å². The molecule has 2 aromatic carbocycles. The molecule has 3 N–H and O–H groups in total. The Hall–Kier alpha value is -2.23. The highest BCUT2D eigenvalue weighted by Crippen LogP contribution is 2.21. The maximum Gasteiger partial charge on any atom is 0.262 e. The van der Waals surface area contributed by atoms with Crippen molar-refractivity contribution in [3.05, 3.63) is 59.7 Å². The van der Waals surface area contributed by atoms with E-state index in [9.17, 15) is 22.0 Å². The number of carbonyl (C=O) groups excluding carboxylic acids is 1. The van der Waals surface area contributed by atoms with Gasteiger partial charge in [0.2, 0.25) is 0 Å². The van der Waals surface area contributed by atoms with E-state index in [2.05, 4.69) is 15.4 Å². The zero-order chi connectivity index (χ0) is 19.4. The van der Waals surface area contributed by atoms with Crippen molar-refractivity contribution in [2.24, 2.45) is 0 Å². The molecule has 0 aromatic heterocycles. The minimum atomic E-state index is -4.19. The lowest BCUT2D eigenvalue weighted by atomic mass is 10.1. The second-order valence-corrected chi connectivity index (χ2v) is 7.93. The lowest BCUT2D eigenvalue weighted by Crippen LogP contribution is -2.45. The average Bonchev–Trinajstić information content (AvgIpc) is 2.65. The standard InChI is InChI=1S/C18H19F2N3O3S.ClH/c19-15-8-7-13(10-16(15)20)27(25,26)23-17-6-2-1-5-14(17)18(24)22-12-4-3-9-21-11-12;/h1-2,5-8,10,12,21,23H,3-4,9,11H2,(H,22,24);1H/t12-;/m0./s1. The van der Waals surface area contributed by atoms with Gasteiger partial charge in [-0.15, -0.1) is 12.4 Å². The third-order valence-electron chi connectivity index (χ3n) is 4.25. The summed E-state index contributed by atoms with van der Waals surface area (Å²) in [5.74, 6) is -2.82. The average molecular weight is 432 g/mol. The van der Waals surface area contributed by atoms with Crippen LogP contribution in [0.2, 0.25) is 0 Å². The minimum absolute atomic E-state index is 0. The highest BCUT2D eigenvalue weighted by molar-refractivity contribution is 7.92. The first-order chi connectivity index (χ1) is 12.9. The molecule has 10 heteroatoms. The van der Waals surface area contributed by atoms with Crippen molar-refractivity contribution in [3.8, 4) is 0 Å². The van der Waals surface area contributed by atoms with Crippen LogP contribution in [0.1, 0.15) is 23.2 Å². The van der Waals surface area contributed by atoms with Gasteiger partial charge in [0.05, 0.1) is 16.1 Å². The van der Waals surface area contributed by atoms with Crippen molar-refractivity contribution in [2.45, 2.75) is 23.8 Å². The monoisotopic (exact) mass is 431 g/mol. The summed E-state index contributed by atoms with van der Waals surface area (Å²) >= 11 is 0. The number of para-hydroxylation sites is 1. The summed E-state index contributed by atoms with van der Waals surface area (Å²) in [6.07, 6.45) is 1.77. The lowest BCUT2D eigenvalue weighted by molar-refractivity contribution is 0.0931. The van der Waals surface area contributed by atoms with Crippen molar-refractivity contribution in [1.29, 1.82) is 0 Å². The summed E-state index contributed by atoms with van der Waals surface area (Å²) < 4.78 is 53.7. The summed E-state index contributed by atoms with van der Waals surface area (Å²) in [5, 5.41) is 6.06. The Morgan fingerprint density at radius 1 is 1.11 bits per heavy atom. The molecule has 1 aliphatic heterocycles. The second-order valence-electron chi connectivity index (χ2n) is 6.24. The SMILES string of the molecule is Cl.O=C(N[C@H]1CCCNC1)c1ccccc1NS(=O)(=O)c1ccc(F)c(F)c1. The zero-order valence-electron chi connectivity index (χ0n) is 14.7. The van der Waals surface area contributed by atoms with Gasteiger partial charge in [-0.05, 0) is 49.7 Å². The van der Waals surface area contributed by atoms with Crippen LogP contribution in [0.4, 0.5) is 14.5 Å². The maximum atomic E-state index is 13.4. The number of sulfonamides is 1. The van der Waals surface area contributed by atoms with Gasteiger partial charge < -0.3 is 10.6 Å². The van der Waals surface area contributed by atoms with Gasteiger partial charge in [0, 0.05) is 12.6 Å². The quantitative estimate of drug-likeness (QED) is 0.679. The molecular formula is C18H20ClF2N3O3S. The molecule has 1 atom stereocenters. The molecule has 1 heterocycles. The van der Waals surface area contributed by atoms with Crippen LogP contribution in [0.15, 0.2) is 47.4 Å². The van der Waals surface area contributed by atoms with Crippen molar-refractivity contribution in [3.63, 3.8) is 0 Å². The van der Waals surface area contributed by atoms with E-state index < -0.39 is 32.5 Å². The Kier molecular flexibility index (Phi) is 7.34. The Balaban J connectivity index is 0.00000280. The fourth-order valence-corrected chi connectivity index (χ4v) is 3.95. The molecule has 0 spiro atoms. The van der Waals surface area contributed by atoms with Gasteiger partial charge in [0.1, 0.15) is 0 Å². The first-order valence-electron chi connectivity index (χ1n) is 8.45. The molecule has 152 valence electrons. The number of benzene rings is 2. The van der Waals surface area contributed by atoms with E-state index >= 15 is 0 Å². The number of nitrogens with one attached hydrogen (secondary N) is 3. The number of hydrogen-bond donors (Lipinski definition) is 3. The third-order valence-corrected chi connectivity index (χ3v) is 5.61. The molecule has 0 radical (unpaired) electrons. The molecule has 28 heavy (non-hydrogen) atoms. The summed E-state index contributed by atoms with van der Waals surface area (Å²) in [6.45, 7) is 1.55. The van der Waals surface area contributed by atoms with Crippen molar-refractivity contribution in [1.82, 2.24) is 10.6 Å². The molecular weight excluding hydrogens is 412 g/mol. The summed E-state index contributed by atoms with van der Waals surface area (Å²) in [6, 6.07) is 8.36. The van der Waals surface area contributed by atoms with Crippen LogP contribution >= 0.6 is 12.4 Å². The van der Waals surface area contributed by atoms with E-state index in [1.807, 2.05) is 0 Å². The van der Waals surface area contributed by atoms with Gasteiger partial charge in [-0.2, -0.15) is 0 Å². The normalized spacial score (nSPS) is 16.7. The molecule has 1 fully saturated rings. The smallest absolute Gasteiger partial charge is 0.262 e. The fraction of sp³-hybridized carbons (Fsp3) is 0.278. The summed E-state index contributed by atoms with van der Waals surface area (Å²) in [5.41, 5.74) is 0.206. The number of carbonyl (C=O) groups is 1. The summed E-state index contributed by atoms with van der Waals surface area (Å²) in [4.78, 5) is 12.1. The topological polar surface area (TPSA) is 87.3 Å². The molecule has 6 nitrogen and oxygen atoms in total. The van der Waals surface area contributed by atoms with Gasteiger partial charge in [-0.1, -0.05) is 12.1 Å². The molecule has 2 aromatic rings. The van der Waals surface area contributed by atoms with E-state index in [0.29, 0.717) is 12.6 Å². The van der Waals surface area contributed by atoms with Gasteiger partial charge >= 0.3 is 0 Å². The Morgan fingerprint density at radius 3 is 2.54 bits per heavy atom. The van der Waals surface area contributed by atoms with E-state index in [1.54, 1.807) is 12.1 Å². The molecule has 3 rings (SSSR count). The Morgan fingerprint density at radius 2 is 1.86 bits per heavy atom. The maximum absolute atomic E-state index is 13.4. The number of halogens is 3. The number of piperidine rings is 1.